The van der Waals surface area contributed by atoms with E-state index in [-0.39, 0.29) is 11.0 Å². The van der Waals surface area contributed by atoms with Crippen LogP contribution in [-0.2, 0) is 4.79 Å². The quantitative estimate of drug-likeness (QED) is 0.571. The van der Waals surface area contributed by atoms with Gasteiger partial charge < -0.3 is 4.90 Å². The summed E-state index contributed by atoms with van der Waals surface area (Å²) >= 11 is 3.81. The van der Waals surface area contributed by atoms with Gasteiger partial charge in [0.1, 0.15) is 0 Å². The topological polar surface area (TPSA) is 20.3 Å². The molecule has 1 rings (SSSR count). The monoisotopic (exact) mass is 159 g/mol. The van der Waals surface area contributed by atoms with Gasteiger partial charge in [0.25, 0.3) is 0 Å². The number of hydrogen-bond acceptors (Lipinski definition) is 2. The number of likely N-dealkylation sites (tertiary alicyclic amines) is 1. The zero-order valence-electron chi connectivity index (χ0n) is 6.21. The fourth-order valence-corrected chi connectivity index (χ4v) is 1.51. The van der Waals surface area contributed by atoms with E-state index in [1.54, 1.807) is 0 Å². The smallest absolute Gasteiger partial charge is 0.189 e. The first-order valence-corrected chi connectivity index (χ1v) is 4.06. The van der Waals surface area contributed by atoms with Gasteiger partial charge in [-0.25, -0.2) is 0 Å². The molecule has 10 heavy (non-hydrogen) atoms. The van der Waals surface area contributed by atoms with Crippen LogP contribution in [-0.4, -0.2) is 30.2 Å². The molecular formula is C7H13NOS. The predicted molar refractivity (Wildman–Crippen MR) is 44.2 cm³/mol. The molecule has 1 aliphatic heterocycles. The predicted octanol–water partition coefficient (Wildman–Crippen LogP) is 0.785. The lowest BCUT2D eigenvalue weighted by molar-refractivity contribution is -0.115. The summed E-state index contributed by atoms with van der Waals surface area (Å²) in [7, 11) is 2.08. The van der Waals surface area contributed by atoms with Crippen LogP contribution in [0.3, 0.4) is 0 Å². The lowest BCUT2D eigenvalue weighted by Gasteiger charge is -2.26. The Kier molecular flexibility index (Phi) is 2.74. The molecule has 58 valence electrons. The van der Waals surface area contributed by atoms with E-state index >= 15 is 0 Å². The minimum atomic E-state index is 0.0631. The summed E-state index contributed by atoms with van der Waals surface area (Å²) in [4.78, 5) is 13.0. The molecule has 0 radical (unpaired) electrons. The molecule has 0 aliphatic carbocycles. The molecule has 0 saturated carbocycles. The maximum absolute atomic E-state index is 10.8. The number of hydrogen-bond donors (Lipinski definition) is 1. The van der Waals surface area contributed by atoms with E-state index in [1.165, 1.54) is 0 Å². The van der Waals surface area contributed by atoms with Crippen LogP contribution < -0.4 is 0 Å². The second-order valence-corrected chi connectivity index (χ2v) is 3.36. The molecule has 1 aliphatic rings. The van der Waals surface area contributed by atoms with Crippen molar-refractivity contribution in [1.82, 2.24) is 4.90 Å². The Bertz CT molecular complexity index is 130. The average Bonchev–Trinajstić information content (AvgIpc) is 1.88. The molecule has 0 aromatic heterocycles. The van der Waals surface area contributed by atoms with Crippen LogP contribution in [0.1, 0.15) is 12.8 Å². The Balaban J connectivity index is 2.33. The van der Waals surface area contributed by atoms with Gasteiger partial charge in [-0.15, -0.1) is 12.6 Å². The summed E-state index contributed by atoms with van der Waals surface area (Å²) in [6.45, 7) is 2.08. The first kappa shape index (κ1) is 8.08. The van der Waals surface area contributed by atoms with Crippen molar-refractivity contribution >= 4 is 17.7 Å². The Morgan fingerprint density at radius 2 is 2.00 bits per heavy atom. The minimum absolute atomic E-state index is 0.0631. The zero-order chi connectivity index (χ0) is 7.56. The Morgan fingerprint density at radius 1 is 1.50 bits per heavy atom. The minimum Gasteiger partial charge on any atom is -0.306 e. The van der Waals surface area contributed by atoms with Crippen molar-refractivity contribution in [2.75, 3.05) is 20.1 Å². The van der Waals surface area contributed by atoms with Crippen molar-refractivity contribution < 1.29 is 4.79 Å². The van der Waals surface area contributed by atoms with Crippen LogP contribution >= 0.6 is 12.6 Å². The highest BCUT2D eigenvalue weighted by Gasteiger charge is 2.20. The molecule has 0 spiro atoms. The number of piperidine rings is 1. The molecule has 0 unspecified atom stereocenters. The van der Waals surface area contributed by atoms with Gasteiger partial charge in [-0.3, -0.25) is 4.79 Å². The van der Waals surface area contributed by atoms with Gasteiger partial charge >= 0.3 is 0 Å². The Hall–Kier alpha value is -0.0200. The van der Waals surface area contributed by atoms with E-state index in [9.17, 15) is 4.79 Å². The van der Waals surface area contributed by atoms with E-state index < -0.39 is 0 Å². The van der Waals surface area contributed by atoms with Crippen molar-refractivity contribution in [3.63, 3.8) is 0 Å². The highest BCUT2D eigenvalue weighted by atomic mass is 32.1. The largest absolute Gasteiger partial charge is 0.306 e. The third-order valence-electron chi connectivity index (χ3n) is 2.07. The van der Waals surface area contributed by atoms with Crippen molar-refractivity contribution in [3.8, 4) is 0 Å². The molecule has 0 aromatic rings. The Labute approximate surface area is 67.0 Å². The first-order valence-electron chi connectivity index (χ1n) is 3.61. The number of rotatable bonds is 1. The van der Waals surface area contributed by atoms with E-state index in [1.807, 2.05) is 0 Å². The molecule has 1 heterocycles. The van der Waals surface area contributed by atoms with Crippen LogP contribution in [0.2, 0.25) is 0 Å². The molecule has 2 nitrogen and oxygen atoms in total. The maximum atomic E-state index is 10.8. The second-order valence-electron chi connectivity index (χ2n) is 2.92. The van der Waals surface area contributed by atoms with Crippen LogP contribution in [0.4, 0.5) is 0 Å². The molecule has 1 fully saturated rings. The molecule has 3 heteroatoms. The van der Waals surface area contributed by atoms with Crippen LogP contribution in [0.15, 0.2) is 0 Å². The number of carbonyl (C=O) groups is 1. The molecule has 0 amide bonds. The van der Waals surface area contributed by atoms with E-state index in [0.29, 0.717) is 0 Å². The fourth-order valence-electron chi connectivity index (χ4n) is 1.26. The van der Waals surface area contributed by atoms with Gasteiger partial charge in [-0.05, 0) is 33.0 Å². The zero-order valence-corrected chi connectivity index (χ0v) is 7.10. The van der Waals surface area contributed by atoms with Crippen molar-refractivity contribution in [2.24, 2.45) is 5.92 Å². The summed E-state index contributed by atoms with van der Waals surface area (Å²) in [5.41, 5.74) is 0. The van der Waals surface area contributed by atoms with Gasteiger partial charge in [-0.2, -0.15) is 0 Å². The number of carbonyl (C=O) groups excluding carboxylic acids is 1. The lowest BCUT2D eigenvalue weighted by atomic mass is 9.99. The summed E-state index contributed by atoms with van der Waals surface area (Å²) in [5, 5.41) is 0.0631. The summed E-state index contributed by atoms with van der Waals surface area (Å²) in [5.74, 6) is 0.222. The van der Waals surface area contributed by atoms with Crippen molar-refractivity contribution in [3.05, 3.63) is 0 Å². The number of nitrogens with zero attached hydrogens (tertiary/aromatic N) is 1. The van der Waals surface area contributed by atoms with E-state index in [0.717, 1.165) is 25.9 Å². The summed E-state index contributed by atoms with van der Waals surface area (Å²) < 4.78 is 0. The van der Waals surface area contributed by atoms with Crippen LogP contribution in [0.5, 0.6) is 0 Å². The van der Waals surface area contributed by atoms with E-state index in [2.05, 4.69) is 24.6 Å². The van der Waals surface area contributed by atoms with Crippen molar-refractivity contribution in [1.29, 1.82) is 0 Å². The SMILES string of the molecule is CN1CCC(C(=O)S)CC1. The fraction of sp³-hybridized carbons (Fsp3) is 0.857. The van der Waals surface area contributed by atoms with Gasteiger partial charge in [0.15, 0.2) is 5.12 Å². The van der Waals surface area contributed by atoms with Crippen LogP contribution in [0, 0.1) is 5.92 Å². The highest BCUT2D eigenvalue weighted by molar-refractivity contribution is 7.96. The molecule has 1 saturated heterocycles. The van der Waals surface area contributed by atoms with E-state index in [4.69, 9.17) is 0 Å². The lowest BCUT2D eigenvalue weighted by Crippen LogP contribution is -2.32. The number of thiol groups is 1. The summed E-state index contributed by atoms with van der Waals surface area (Å²) in [6, 6.07) is 0. The third-order valence-corrected chi connectivity index (χ3v) is 2.43. The molecular weight excluding hydrogens is 146 g/mol. The average molecular weight is 159 g/mol. The summed E-state index contributed by atoms with van der Waals surface area (Å²) in [6.07, 6.45) is 1.97. The second kappa shape index (κ2) is 3.39. The van der Waals surface area contributed by atoms with Gasteiger partial charge in [-0.1, -0.05) is 0 Å². The maximum Gasteiger partial charge on any atom is 0.189 e. The normalized spacial score (nSPS) is 23.0. The molecule has 0 N–H and O–H groups in total. The van der Waals surface area contributed by atoms with Gasteiger partial charge in [0, 0.05) is 5.92 Å². The Morgan fingerprint density at radius 3 is 2.40 bits per heavy atom. The van der Waals surface area contributed by atoms with Gasteiger partial charge in [0.2, 0.25) is 0 Å². The third kappa shape index (κ3) is 1.99. The van der Waals surface area contributed by atoms with Crippen molar-refractivity contribution in [2.45, 2.75) is 12.8 Å². The molecule has 0 atom stereocenters. The highest BCUT2D eigenvalue weighted by Crippen LogP contribution is 2.17. The van der Waals surface area contributed by atoms with Crippen LogP contribution in [0.25, 0.3) is 0 Å². The van der Waals surface area contributed by atoms with Gasteiger partial charge in [0.05, 0.1) is 0 Å². The molecule has 0 bridgehead atoms. The first-order chi connectivity index (χ1) is 4.70. The standard InChI is InChI=1S/C7H13NOS/c1-8-4-2-6(3-5-8)7(9)10/h6H,2-5H2,1H3,(H,9,10). The molecule has 0 aromatic carbocycles.